The van der Waals surface area contributed by atoms with Gasteiger partial charge in [-0.05, 0) is 38.8 Å². The van der Waals surface area contributed by atoms with Gasteiger partial charge in [-0.2, -0.15) is 17.7 Å². The number of nitrogens with zero attached hydrogens (tertiary/aromatic N) is 7. The Morgan fingerprint density at radius 2 is 1.75 bits per heavy atom. The summed E-state index contributed by atoms with van der Waals surface area (Å²) >= 11 is 0. The first-order valence-corrected chi connectivity index (χ1v) is 10.8. The molecule has 10 heteroatoms. The molecule has 3 aromatic heterocycles. The van der Waals surface area contributed by atoms with Gasteiger partial charge in [-0.15, -0.1) is 15.3 Å². The van der Waals surface area contributed by atoms with Gasteiger partial charge in [-0.1, -0.05) is 19.1 Å². The molecule has 1 aromatic carbocycles. The van der Waals surface area contributed by atoms with Crippen molar-refractivity contribution in [2.75, 3.05) is 18.0 Å². The molecule has 0 N–H and O–H groups in total. The topological polar surface area (TPSA) is 64.1 Å². The Bertz CT molecular complexity index is 1300. The zero-order valence-electron chi connectivity index (χ0n) is 18.2. The highest BCUT2D eigenvalue weighted by Crippen LogP contribution is 2.34. The normalized spacial score (nSPS) is 15.9. The number of hydrogen-bond acceptors (Lipinski definition) is 5. The average Bonchev–Trinajstić information content (AvgIpc) is 3.38. The molecule has 5 rings (SSSR count). The standard InChI is InChI=1S/C22H24F3N7/c1-4-18-26-16-7-5-6-8-17(16)31(18)15-9-11-30(12-10-15)20-14(3)13(2)19-27-28-21(22(23,24)25)32(19)29-20/h5-8,15H,4,9-12H2,1-3H3. The van der Waals surface area contributed by atoms with Crippen molar-refractivity contribution in [1.29, 1.82) is 0 Å². The van der Waals surface area contributed by atoms with E-state index in [1.807, 2.05) is 25.1 Å². The number of anilines is 1. The van der Waals surface area contributed by atoms with Gasteiger partial charge in [-0.25, -0.2) is 4.98 Å². The van der Waals surface area contributed by atoms with Gasteiger partial charge in [0.15, 0.2) is 11.5 Å². The highest BCUT2D eigenvalue weighted by atomic mass is 19.4. The van der Waals surface area contributed by atoms with Crippen LogP contribution in [0.1, 0.15) is 48.6 Å². The van der Waals surface area contributed by atoms with Gasteiger partial charge in [-0.3, -0.25) is 0 Å². The number of hydrogen-bond donors (Lipinski definition) is 0. The summed E-state index contributed by atoms with van der Waals surface area (Å²) in [5, 5.41) is 11.4. The number of aromatic nitrogens is 6. The second-order valence-electron chi connectivity index (χ2n) is 8.29. The van der Waals surface area contributed by atoms with Crippen LogP contribution in [0.15, 0.2) is 24.3 Å². The summed E-state index contributed by atoms with van der Waals surface area (Å²) in [6, 6.07) is 8.44. The summed E-state index contributed by atoms with van der Waals surface area (Å²) < 4.78 is 43.3. The van der Waals surface area contributed by atoms with E-state index in [0.29, 0.717) is 30.5 Å². The Balaban J connectivity index is 1.47. The summed E-state index contributed by atoms with van der Waals surface area (Å²) in [6.07, 6.45) is -2.05. The van der Waals surface area contributed by atoms with Crippen LogP contribution in [-0.2, 0) is 12.6 Å². The molecule has 0 amide bonds. The van der Waals surface area contributed by atoms with Crippen molar-refractivity contribution >= 4 is 22.5 Å². The zero-order chi connectivity index (χ0) is 22.6. The SMILES string of the molecule is CCc1nc2ccccc2n1C1CCN(c2nn3c(C(F)(F)F)nnc3c(C)c2C)CC1. The lowest BCUT2D eigenvalue weighted by atomic mass is 10.0. The molecule has 0 atom stereocenters. The van der Waals surface area contributed by atoms with Crippen molar-refractivity contribution in [3.8, 4) is 0 Å². The van der Waals surface area contributed by atoms with Crippen LogP contribution in [0.5, 0.6) is 0 Å². The Morgan fingerprint density at radius 1 is 1.03 bits per heavy atom. The van der Waals surface area contributed by atoms with Gasteiger partial charge in [0.2, 0.25) is 0 Å². The van der Waals surface area contributed by atoms with Crippen LogP contribution in [0.25, 0.3) is 16.7 Å². The molecule has 0 spiro atoms. The third-order valence-electron chi connectivity index (χ3n) is 6.44. The summed E-state index contributed by atoms with van der Waals surface area (Å²) in [5.41, 5.74) is 3.77. The second kappa shape index (κ2) is 7.46. The van der Waals surface area contributed by atoms with Crippen molar-refractivity contribution in [3.05, 3.63) is 47.0 Å². The van der Waals surface area contributed by atoms with Crippen molar-refractivity contribution in [3.63, 3.8) is 0 Å². The first kappa shape index (κ1) is 20.7. The predicted octanol–water partition coefficient (Wildman–Crippen LogP) is 4.51. The predicted molar refractivity (Wildman–Crippen MR) is 115 cm³/mol. The van der Waals surface area contributed by atoms with Gasteiger partial charge >= 0.3 is 6.18 Å². The number of para-hydroxylation sites is 2. The molecule has 4 heterocycles. The fourth-order valence-corrected chi connectivity index (χ4v) is 4.68. The maximum absolute atomic E-state index is 13.4. The molecule has 0 bridgehead atoms. The number of piperidine rings is 1. The smallest absolute Gasteiger partial charge is 0.355 e. The Labute approximate surface area is 182 Å². The lowest BCUT2D eigenvalue weighted by Gasteiger charge is -2.35. The number of fused-ring (bicyclic) bond motifs is 2. The van der Waals surface area contributed by atoms with Crippen LogP contribution in [0.2, 0.25) is 0 Å². The number of halogens is 3. The van der Waals surface area contributed by atoms with E-state index >= 15 is 0 Å². The van der Waals surface area contributed by atoms with E-state index in [2.05, 4.69) is 37.8 Å². The minimum Gasteiger partial charge on any atom is -0.355 e. The average molecular weight is 443 g/mol. The molecular weight excluding hydrogens is 419 g/mol. The van der Waals surface area contributed by atoms with Crippen LogP contribution in [0.4, 0.5) is 19.0 Å². The maximum atomic E-state index is 13.4. The molecule has 1 saturated heterocycles. The van der Waals surface area contributed by atoms with Gasteiger partial charge < -0.3 is 9.47 Å². The zero-order valence-corrected chi connectivity index (χ0v) is 18.2. The van der Waals surface area contributed by atoms with Gasteiger partial charge in [0.25, 0.3) is 5.82 Å². The van der Waals surface area contributed by atoms with E-state index in [1.54, 1.807) is 6.92 Å². The van der Waals surface area contributed by atoms with E-state index in [-0.39, 0.29) is 5.65 Å². The van der Waals surface area contributed by atoms with Gasteiger partial charge in [0.1, 0.15) is 5.82 Å². The van der Waals surface area contributed by atoms with Gasteiger partial charge in [0.05, 0.1) is 11.0 Å². The highest BCUT2D eigenvalue weighted by molar-refractivity contribution is 5.76. The number of aryl methyl sites for hydroxylation is 2. The van der Waals surface area contributed by atoms with E-state index in [1.165, 1.54) is 0 Å². The number of imidazole rings is 1. The third kappa shape index (κ3) is 3.20. The molecule has 1 aliphatic heterocycles. The molecule has 168 valence electrons. The molecule has 32 heavy (non-hydrogen) atoms. The van der Waals surface area contributed by atoms with Crippen LogP contribution in [-0.4, -0.2) is 42.5 Å². The summed E-state index contributed by atoms with van der Waals surface area (Å²) in [4.78, 5) is 6.86. The van der Waals surface area contributed by atoms with Crippen LogP contribution < -0.4 is 4.90 Å². The largest absolute Gasteiger partial charge is 0.453 e. The molecule has 4 aromatic rings. The quantitative estimate of drug-likeness (QED) is 0.466. The lowest BCUT2D eigenvalue weighted by Crippen LogP contribution is -2.36. The number of benzene rings is 1. The monoisotopic (exact) mass is 443 g/mol. The third-order valence-corrected chi connectivity index (χ3v) is 6.44. The first-order valence-electron chi connectivity index (χ1n) is 10.8. The van der Waals surface area contributed by atoms with Crippen molar-refractivity contribution in [2.45, 2.75) is 52.3 Å². The highest BCUT2D eigenvalue weighted by Gasteiger charge is 2.38. The number of alkyl halides is 3. The molecule has 0 aliphatic carbocycles. The van der Waals surface area contributed by atoms with E-state index < -0.39 is 12.0 Å². The Morgan fingerprint density at radius 3 is 2.44 bits per heavy atom. The molecule has 1 aliphatic rings. The van der Waals surface area contributed by atoms with Crippen molar-refractivity contribution < 1.29 is 13.2 Å². The fourth-order valence-electron chi connectivity index (χ4n) is 4.68. The summed E-state index contributed by atoms with van der Waals surface area (Å²) in [7, 11) is 0. The van der Waals surface area contributed by atoms with Crippen LogP contribution >= 0.6 is 0 Å². The molecular formula is C22H24F3N7. The fraction of sp³-hybridized carbons (Fsp3) is 0.455. The van der Waals surface area contributed by atoms with Crippen LogP contribution in [0, 0.1) is 13.8 Å². The minimum absolute atomic E-state index is 0.144. The van der Waals surface area contributed by atoms with Crippen molar-refractivity contribution in [1.82, 2.24) is 29.4 Å². The first-order chi connectivity index (χ1) is 15.3. The minimum atomic E-state index is -4.61. The Kier molecular flexibility index (Phi) is 4.83. The summed E-state index contributed by atoms with van der Waals surface area (Å²) in [6.45, 7) is 7.15. The van der Waals surface area contributed by atoms with Gasteiger partial charge in [0, 0.05) is 36.7 Å². The molecule has 0 radical (unpaired) electrons. The van der Waals surface area contributed by atoms with E-state index in [0.717, 1.165) is 46.2 Å². The lowest BCUT2D eigenvalue weighted by molar-refractivity contribution is -0.146. The van der Waals surface area contributed by atoms with Crippen LogP contribution in [0.3, 0.4) is 0 Å². The van der Waals surface area contributed by atoms with E-state index in [4.69, 9.17) is 4.98 Å². The molecule has 0 unspecified atom stereocenters. The second-order valence-corrected chi connectivity index (χ2v) is 8.29. The molecule has 1 fully saturated rings. The van der Waals surface area contributed by atoms with Crippen molar-refractivity contribution in [2.24, 2.45) is 0 Å². The summed E-state index contributed by atoms with van der Waals surface area (Å²) in [5.74, 6) is 0.532. The molecule has 7 nitrogen and oxygen atoms in total. The number of rotatable bonds is 3. The molecule has 0 saturated carbocycles. The maximum Gasteiger partial charge on any atom is 0.453 e. The Hall–Kier alpha value is -3.17. The van der Waals surface area contributed by atoms with E-state index in [9.17, 15) is 13.2 Å².